The van der Waals surface area contributed by atoms with Gasteiger partial charge in [-0.25, -0.2) is 0 Å². The van der Waals surface area contributed by atoms with Crippen molar-refractivity contribution in [1.82, 2.24) is 0 Å². The standard InChI is InChI=1S/C16H23NO3/c1-2-8-18-9-10-19-11-12-20-16(14-17)13-15-6-4-3-5-7-15/h3-7,16H,9-14,17H2,1H3. The molecular weight excluding hydrogens is 254 g/mol. The van der Waals surface area contributed by atoms with E-state index in [0.717, 1.165) is 6.42 Å². The Morgan fingerprint density at radius 1 is 1.10 bits per heavy atom. The maximum atomic E-state index is 5.72. The molecular formula is C16H23NO3. The van der Waals surface area contributed by atoms with Crippen LogP contribution in [-0.4, -0.2) is 39.1 Å². The van der Waals surface area contributed by atoms with Gasteiger partial charge >= 0.3 is 0 Å². The summed E-state index contributed by atoms with van der Waals surface area (Å²) in [6, 6.07) is 10.2. The summed E-state index contributed by atoms with van der Waals surface area (Å²) >= 11 is 0. The van der Waals surface area contributed by atoms with Gasteiger partial charge in [0.1, 0.15) is 12.7 Å². The first-order valence-corrected chi connectivity index (χ1v) is 6.83. The van der Waals surface area contributed by atoms with E-state index < -0.39 is 0 Å². The zero-order chi connectivity index (χ0) is 14.5. The molecule has 0 aliphatic heterocycles. The largest absolute Gasteiger partial charge is 0.444 e. The summed E-state index contributed by atoms with van der Waals surface area (Å²) in [5.74, 6) is 2.65. The number of hydrogen-bond acceptors (Lipinski definition) is 4. The molecule has 0 heterocycles. The molecule has 0 saturated carbocycles. The number of hydrogen-bond donors (Lipinski definition) is 1. The van der Waals surface area contributed by atoms with Gasteiger partial charge in [-0.05, 0) is 12.0 Å². The van der Waals surface area contributed by atoms with E-state index in [1.165, 1.54) is 5.56 Å². The van der Waals surface area contributed by atoms with Gasteiger partial charge in [0.05, 0.1) is 25.9 Å². The second-order valence-corrected chi connectivity index (χ2v) is 4.23. The van der Waals surface area contributed by atoms with Crippen molar-refractivity contribution in [2.45, 2.75) is 19.4 Å². The van der Waals surface area contributed by atoms with Gasteiger partial charge in [-0.1, -0.05) is 36.3 Å². The molecule has 0 radical (unpaired) electrons. The van der Waals surface area contributed by atoms with Crippen LogP contribution in [0.5, 0.6) is 0 Å². The molecule has 2 N–H and O–H groups in total. The summed E-state index contributed by atoms with van der Waals surface area (Å²) in [7, 11) is 0. The lowest BCUT2D eigenvalue weighted by Gasteiger charge is -2.16. The third-order valence-electron chi connectivity index (χ3n) is 2.65. The summed E-state index contributed by atoms with van der Waals surface area (Å²) in [5, 5.41) is 0. The fourth-order valence-corrected chi connectivity index (χ4v) is 1.69. The molecule has 4 heteroatoms. The smallest absolute Gasteiger partial charge is 0.123 e. The van der Waals surface area contributed by atoms with Gasteiger partial charge < -0.3 is 19.9 Å². The summed E-state index contributed by atoms with van der Waals surface area (Å²) in [4.78, 5) is 0. The molecule has 0 saturated heterocycles. The minimum absolute atomic E-state index is 0.0307. The first kappa shape index (κ1) is 16.5. The topological polar surface area (TPSA) is 53.7 Å². The number of nitrogens with two attached hydrogens (primary N) is 1. The number of ether oxygens (including phenoxy) is 3. The Morgan fingerprint density at radius 2 is 1.85 bits per heavy atom. The molecule has 1 aromatic rings. The van der Waals surface area contributed by atoms with Gasteiger partial charge in [0, 0.05) is 13.5 Å². The second-order valence-electron chi connectivity index (χ2n) is 4.23. The highest BCUT2D eigenvalue weighted by Gasteiger charge is 2.07. The number of rotatable bonds is 10. The normalized spacial score (nSPS) is 11.5. The lowest BCUT2D eigenvalue weighted by Crippen LogP contribution is -2.27. The SMILES string of the molecule is CC#COCCOCCOC(CN)Cc1ccccc1. The Hall–Kier alpha value is -1.54. The van der Waals surface area contributed by atoms with Crippen LogP contribution >= 0.6 is 0 Å². The summed E-state index contributed by atoms with van der Waals surface area (Å²) in [6.45, 7) is 4.30. The van der Waals surface area contributed by atoms with E-state index in [2.05, 4.69) is 24.2 Å². The van der Waals surface area contributed by atoms with Crippen LogP contribution in [0.25, 0.3) is 0 Å². The quantitative estimate of drug-likeness (QED) is 0.521. The van der Waals surface area contributed by atoms with Gasteiger partial charge in [0.2, 0.25) is 0 Å². The van der Waals surface area contributed by atoms with E-state index in [-0.39, 0.29) is 6.10 Å². The lowest BCUT2D eigenvalue weighted by atomic mass is 10.1. The van der Waals surface area contributed by atoms with E-state index in [4.69, 9.17) is 19.9 Å². The molecule has 1 rings (SSSR count). The van der Waals surface area contributed by atoms with Crippen molar-refractivity contribution >= 4 is 0 Å². The van der Waals surface area contributed by atoms with E-state index in [1.54, 1.807) is 6.92 Å². The van der Waals surface area contributed by atoms with Gasteiger partial charge in [0.25, 0.3) is 0 Å². The molecule has 0 aromatic heterocycles. The van der Waals surface area contributed by atoms with Gasteiger partial charge in [0.15, 0.2) is 0 Å². The summed E-state index contributed by atoms with van der Waals surface area (Å²) in [6.07, 6.45) is 3.37. The van der Waals surface area contributed by atoms with E-state index in [1.807, 2.05) is 18.2 Å². The van der Waals surface area contributed by atoms with Crippen molar-refractivity contribution in [3.63, 3.8) is 0 Å². The van der Waals surface area contributed by atoms with Crippen LogP contribution in [0, 0.1) is 12.0 Å². The highest BCUT2D eigenvalue weighted by molar-refractivity contribution is 5.15. The maximum absolute atomic E-state index is 5.72. The van der Waals surface area contributed by atoms with Crippen molar-refractivity contribution in [3.8, 4) is 12.0 Å². The fourth-order valence-electron chi connectivity index (χ4n) is 1.69. The predicted molar refractivity (Wildman–Crippen MR) is 79.2 cm³/mol. The molecule has 1 atom stereocenters. The minimum Gasteiger partial charge on any atom is -0.444 e. The molecule has 0 fully saturated rings. The molecule has 1 aromatic carbocycles. The van der Waals surface area contributed by atoms with E-state index >= 15 is 0 Å². The molecule has 0 aliphatic rings. The maximum Gasteiger partial charge on any atom is 0.123 e. The van der Waals surface area contributed by atoms with Crippen LogP contribution in [0.1, 0.15) is 12.5 Å². The Kier molecular flexibility index (Phi) is 9.33. The Morgan fingerprint density at radius 3 is 2.55 bits per heavy atom. The molecule has 110 valence electrons. The van der Waals surface area contributed by atoms with E-state index in [9.17, 15) is 0 Å². The Bertz CT molecular complexity index is 397. The molecule has 1 unspecified atom stereocenters. The molecule has 0 spiro atoms. The molecule has 4 nitrogen and oxygen atoms in total. The van der Waals surface area contributed by atoms with Gasteiger partial charge in [-0.3, -0.25) is 0 Å². The lowest BCUT2D eigenvalue weighted by molar-refractivity contribution is 0.00106. The predicted octanol–water partition coefficient (Wildman–Crippen LogP) is 1.59. The van der Waals surface area contributed by atoms with Crippen molar-refractivity contribution in [1.29, 1.82) is 0 Å². The van der Waals surface area contributed by atoms with Crippen molar-refractivity contribution in [2.24, 2.45) is 5.73 Å². The van der Waals surface area contributed by atoms with E-state index in [0.29, 0.717) is 33.0 Å². The molecule has 0 bridgehead atoms. The van der Waals surface area contributed by atoms with Crippen LogP contribution in [0.3, 0.4) is 0 Å². The average molecular weight is 277 g/mol. The first-order valence-electron chi connectivity index (χ1n) is 6.83. The zero-order valence-electron chi connectivity index (χ0n) is 12.0. The van der Waals surface area contributed by atoms with Gasteiger partial charge in [-0.15, -0.1) is 0 Å². The third kappa shape index (κ3) is 7.80. The highest BCUT2D eigenvalue weighted by atomic mass is 16.5. The van der Waals surface area contributed by atoms with Crippen molar-refractivity contribution < 1.29 is 14.2 Å². The average Bonchev–Trinajstić information content (AvgIpc) is 2.49. The van der Waals surface area contributed by atoms with Crippen LogP contribution in [0.4, 0.5) is 0 Å². The molecule has 0 amide bonds. The Balaban J connectivity index is 2.07. The monoisotopic (exact) mass is 277 g/mol. The van der Waals surface area contributed by atoms with Crippen LogP contribution in [0.15, 0.2) is 30.3 Å². The van der Waals surface area contributed by atoms with Crippen LogP contribution in [-0.2, 0) is 20.6 Å². The van der Waals surface area contributed by atoms with Gasteiger partial charge in [-0.2, -0.15) is 0 Å². The summed E-state index contributed by atoms with van der Waals surface area (Å²) in [5.41, 5.74) is 6.95. The second kappa shape index (κ2) is 11.3. The van der Waals surface area contributed by atoms with Crippen molar-refractivity contribution in [3.05, 3.63) is 35.9 Å². The first-order chi connectivity index (χ1) is 9.86. The minimum atomic E-state index is 0.0307. The Labute approximate surface area is 121 Å². The van der Waals surface area contributed by atoms with Crippen LogP contribution in [0.2, 0.25) is 0 Å². The fraction of sp³-hybridized carbons (Fsp3) is 0.500. The highest BCUT2D eigenvalue weighted by Crippen LogP contribution is 2.05. The van der Waals surface area contributed by atoms with Crippen LogP contribution < -0.4 is 5.73 Å². The molecule has 0 aliphatic carbocycles. The zero-order valence-corrected chi connectivity index (χ0v) is 12.0. The molecule has 20 heavy (non-hydrogen) atoms. The van der Waals surface area contributed by atoms with Crippen molar-refractivity contribution in [2.75, 3.05) is 33.0 Å². The third-order valence-corrected chi connectivity index (χ3v) is 2.65. The number of benzene rings is 1. The summed E-state index contributed by atoms with van der Waals surface area (Å²) < 4.78 is 16.0.